The first-order chi connectivity index (χ1) is 9.21. The Morgan fingerprint density at radius 3 is 2.58 bits per heavy atom. The summed E-state index contributed by atoms with van der Waals surface area (Å²) in [6.07, 6.45) is 1.84. The van der Waals surface area contributed by atoms with Gasteiger partial charge in [0.05, 0.1) is 0 Å². The molecule has 0 saturated heterocycles. The van der Waals surface area contributed by atoms with Gasteiger partial charge in [0.15, 0.2) is 0 Å². The van der Waals surface area contributed by atoms with Gasteiger partial charge in [-0.15, -0.1) is 0 Å². The van der Waals surface area contributed by atoms with Crippen LogP contribution in [0, 0.1) is 0 Å². The molecule has 1 N–H and O–H groups in total. The van der Waals surface area contributed by atoms with E-state index in [0.717, 1.165) is 34.7 Å². The molecule has 100 valence electrons. The van der Waals surface area contributed by atoms with Crippen LogP contribution in [-0.4, -0.2) is 17.0 Å². The molecular formula is C14H16BrN3O. The van der Waals surface area contributed by atoms with Crippen LogP contribution in [0.15, 0.2) is 34.8 Å². The van der Waals surface area contributed by atoms with E-state index in [1.807, 2.05) is 31.3 Å². The minimum absolute atomic E-state index is 0.560. The van der Waals surface area contributed by atoms with Crippen LogP contribution in [-0.2, 0) is 6.42 Å². The van der Waals surface area contributed by atoms with Crippen molar-refractivity contribution in [1.29, 1.82) is 0 Å². The van der Waals surface area contributed by atoms with Gasteiger partial charge in [-0.1, -0.05) is 22.9 Å². The second kappa shape index (κ2) is 6.52. The summed E-state index contributed by atoms with van der Waals surface area (Å²) in [7, 11) is 1.83. The molecular weight excluding hydrogens is 306 g/mol. The lowest BCUT2D eigenvalue weighted by Crippen LogP contribution is -2.01. The maximum absolute atomic E-state index is 5.75. The Morgan fingerprint density at radius 1 is 1.21 bits per heavy atom. The van der Waals surface area contributed by atoms with Crippen molar-refractivity contribution >= 4 is 21.7 Å². The fourth-order valence-electron chi connectivity index (χ4n) is 1.61. The normalized spacial score (nSPS) is 10.3. The first-order valence-corrected chi connectivity index (χ1v) is 6.99. The molecule has 0 saturated carbocycles. The van der Waals surface area contributed by atoms with Gasteiger partial charge >= 0.3 is 0 Å². The molecule has 0 atom stereocenters. The van der Waals surface area contributed by atoms with Gasteiger partial charge in [-0.25, -0.2) is 4.98 Å². The second-order valence-electron chi connectivity index (χ2n) is 4.06. The Kier molecular flexibility index (Phi) is 4.74. The number of halogens is 1. The van der Waals surface area contributed by atoms with Crippen LogP contribution < -0.4 is 10.1 Å². The molecule has 2 aromatic rings. The molecule has 1 heterocycles. The van der Waals surface area contributed by atoms with E-state index in [0.29, 0.717) is 5.88 Å². The van der Waals surface area contributed by atoms with Crippen LogP contribution in [0.5, 0.6) is 11.6 Å². The van der Waals surface area contributed by atoms with Crippen molar-refractivity contribution < 1.29 is 4.74 Å². The smallest absolute Gasteiger partial charge is 0.224 e. The summed E-state index contributed by atoms with van der Waals surface area (Å²) in [5.74, 6) is 2.88. The highest BCUT2D eigenvalue weighted by Gasteiger charge is 2.05. The van der Waals surface area contributed by atoms with Gasteiger partial charge in [0.1, 0.15) is 17.4 Å². The zero-order valence-electron chi connectivity index (χ0n) is 11.0. The van der Waals surface area contributed by atoms with Crippen molar-refractivity contribution in [3.63, 3.8) is 0 Å². The highest BCUT2D eigenvalue weighted by atomic mass is 79.9. The molecule has 0 aliphatic carbocycles. The van der Waals surface area contributed by atoms with Gasteiger partial charge in [-0.3, -0.25) is 0 Å². The standard InChI is InChI=1S/C14H16BrN3O/c1-3-4-12-17-13(16-2)9-14(18-12)19-11-7-5-10(15)6-8-11/h5-9H,3-4H2,1-2H3,(H,16,17,18). The molecule has 0 amide bonds. The molecule has 1 aromatic heterocycles. The Hall–Kier alpha value is -1.62. The maximum Gasteiger partial charge on any atom is 0.224 e. The number of aromatic nitrogens is 2. The Morgan fingerprint density at radius 2 is 1.95 bits per heavy atom. The van der Waals surface area contributed by atoms with E-state index in [2.05, 4.69) is 38.1 Å². The van der Waals surface area contributed by atoms with Crippen LogP contribution in [0.3, 0.4) is 0 Å². The SMILES string of the molecule is CCCc1nc(NC)cc(Oc2ccc(Br)cc2)n1. The lowest BCUT2D eigenvalue weighted by Gasteiger charge is -2.08. The molecule has 0 aliphatic heterocycles. The van der Waals surface area contributed by atoms with Crippen molar-refractivity contribution in [3.8, 4) is 11.6 Å². The minimum atomic E-state index is 0.560. The lowest BCUT2D eigenvalue weighted by molar-refractivity contribution is 0.458. The van der Waals surface area contributed by atoms with Gasteiger partial charge in [0.2, 0.25) is 5.88 Å². The average Bonchev–Trinajstić information content (AvgIpc) is 2.41. The minimum Gasteiger partial charge on any atom is -0.439 e. The van der Waals surface area contributed by atoms with E-state index in [1.54, 1.807) is 6.07 Å². The molecule has 0 fully saturated rings. The van der Waals surface area contributed by atoms with E-state index in [4.69, 9.17) is 4.74 Å². The Labute approximate surface area is 121 Å². The van der Waals surface area contributed by atoms with Crippen molar-refractivity contribution in [2.75, 3.05) is 12.4 Å². The van der Waals surface area contributed by atoms with Crippen LogP contribution in [0.1, 0.15) is 19.2 Å². The number of nitrogens with one attached hydrogen (secondary N) is 1. The van der Waals surface area contributed by atoms with E-state index < -0.39 is 0 Å². The Bertz CT molecular complexity index is 543. The molecule has 0 unspecified atom stereocenters. The van der Waals surface area contributed by atoms with Crippen molar-refractivity contribution in [1.82, 2.24) is 9.97 Å². The molecule has 19 heavy (non-hydrogen) atoms. The summed E-state index contributed by atoms with van der Waals surface area (Å²) in [6, 6.07) is 9.45. The molecule has 1 aromatic carbocycles. The zero-order valence-corrected chi connectivity index (χ0v) is 12.6. The van der Waals surface area contributed by atoms with Crippen molar-refractivity contribution in [2.24, 2.45) is 0 Å². The first-order valence-electron chi connectivity index (χ1n) is 6.20. The number of anilines is 1. The second-order valence-corrected chi connectivity index (χ2v) is 4.98. The van der Waals surface area contributed by atoms with E-state index in [9.17, 15) is 0 Å². The largest absolute Gasteiger partial charge is 0.439 e. The number of hydrogen-bond acceptors (Lipinski definition) is 4. The van der Waals surface area contributed by atoms with Gasteiger partial charge in [0, 0.05) is 24.0 Å². The Balaban J connectivity index is 2.23. The lowest BCUT2D eigenvalue weighted by atomic mass is 10.3. The molecule has 0 radical (unpaired) electrons. The van der Waals surface area contributed by atoms with Gasteiger partial charge in [0.25, 0.3) is 0 Å². The van der Waals surface area contributed by atoms with Gasteiger partial charge in [-0.2, -0.15) is 4.98 Å². The first kappa shape index (κ1) is 13.8. The molecule has 0 aliphatic rings. The molecule has 2 rings (SSSR count). The van der Waals surface area contributed by atoms with Crippen molar-refractivity contribution in [2.45, 2.75) is 19.8 Å². The van der Waals surface area contributed by atoms with Crippen molar-refractivity contribution in [3.05, 3.63) is 40.6 Å². The topological polar surface area (TPSA) is 47.0 Å². The highest BCUT2D eigenvalue weighted by Crippen LogP contribution is 2.23. The summed E-state index contributed by atoms with van der Waals surface area (Å²) in [4.78, 5) is 8.79. The predicted octanol–water partition coefficient (Wildman–Crippen LogP) is 4.03. The summed E-state index contributed by atoms with van der Waals surface area (Å²) in [5.41, 5.74) is 0. The third-order valence-electron chi connectivity index (χ3n) is 2.51. The van der Waals surface area contributed by atoms with Crippen LogP contribution in [0.25, 0.3) is 0 Å². The van der Waals surface area contributed by atoms with Crippen LogP contribution in [0.2, 0.25) is 0 Å². The van der Waals surface area contributed by atoms with Gasteiger partial charge < -0.3 is 10.1 Å². The summed E-state index contributed by atoms with van der Waals surface area (Å²) in [6.45, 7) is 2.10. The summed E-state index contributed by atoms with van der Waals surface area (Å²) >= 11 is 3.39. The number of benzene rings is 1. The maximum atomic E-state index is 5.75. The summed E-state index contributed by atoms with van der Waals surface area (Å²) in [5, 5.41) is 3.02. The average molecular weight is 322 g/mol. The number of hydrogen-bond donors (Lipinski definition) is 1. The van der Waals surface area contributed by atoms with E-state index in [-0.39, 0.29) is 0 Å². The number of nitrogens with zero attached hydrogens (tertiary/aromatic N) is 2. The van der Waals surface area contributed by atoms with Gasteiger partial charge in [-0.05, 0) is 30.7 Å². The number of aryl methyl sites for hydroxylation is 1. The van der Waals surface area contributed by atoms with Crippen LogP contribution in [0.4, 0.5) is 5.82 Å². The van der Waals surface area contributed by atoms with E-state index >= 15 is 0 Å². The van der Waals surface area contributed by atoms with E-state index in [1.165, 1.54) is 0 Å². The summed E-state index contributed by atoms with van der Waals surface area (Å²) < 4.78 is 6.77. The number of ether oxygens (including phenoxy) is 1. The molecule has 0 bridgehead atoms. The quantitative estimate of drug-likeness (QED) is 0.903. The molecule has 4 nitrogen and oxygen atoms in total. The third kappa shape index (κ3) is 3.92. The fraction of sp³-hybridized carbons (Fsp3) is 0.286. The predicted molar refractivity (Wildman–Crippen MR) is 79.8 cm³/mol. The monoisotopic (exact) mass is 321 g/mol. The highest BCUT2D eigenvalue weighted by molar-refractivity contribution is 9.10. The zero-order chi connectivity index (χ0) is 13.7. The molecule has 5 heteroatoms. The fourth-order valence-corrected chi connectivity index (χ4v) is 1.88. The molecule has 0 spiro atoms. The van der Waals surface area contributed by atoms with Crippen LogP contribution >= 0.6 is 15.9 Å². The third-order valence-corrected chi connectivity index (χ3v) is 3.04. The number of rotatable bonds is 5.